The molecule has 1 aliphatic rings. The molecule has 0 fully saturated rings. The molecule has 1 aromatic heterocycles. The molecule has 0 spiro atoms. The number of amides is 1. The van der Waals surface area contributed by atoms with Crippen LogP contribution in [0.2, 0.25) is 0 Å². The molecule has 0 radical (unpaired) electrons. The van der Waals surface area contributed by atoms with Gasteiger partial charge in [0.2, 0.25) is 5.88 Å². The van der Waals surface area contributed by atoms with E-state index in [1.807, 2.05) is 6.92 Å². The number of aliphatic hydroxyl groups is 1. The molecule has 31 heavy (non-hydrogen) atoms. The molecule has 0 bridgehead atoms. The summed E-state index contributed by atoms with van der Waals surface area (Å²) in [5.74, 6) is -1.45. The Balaban J connectivity index is 1.73. The molecule has 166 valence electrons. The van der Waals surface area contributed by atoms with Crippen molar-refractivity contribution in [2.75, 3.05) is 33.1 Å². The first-order valence-electron chi connectivity index (χ1n) is 9.57. The van der Waals surface area contributed by atoms with Gasteiger partial charge in [0.1, 0.15) is 23.5 Å². The number of pyridine rings is 1. The number of likely N-dealkylation sites (N-methyl/N-ethyl adjacent to an activating group) is 1. The van der Waals surface area contributed by atoms with Gasteiger partial charge in [0.25, 0.3) is 5.91 Å². The molecule has 2 unspecified atom stereocenters. The molecule has 0 aliphatic carbocycles. The molecular weight excluding hydrogens is 408 g/mol. The molecule has 1 aliphatic heterocycles. The second-order valence-electron chi connectivity index (χ2n) is 7.37. The number of para-hydroxylation sites is 1. The molecule has 2 heterocycles. The van der Waals surface area contributed by atoms with Crippen molar-refractivity contribution >= 4 is 17.3 Å². The van der Waals surface area contributed by atoms with E-state index in [1.165, 1.54) is 11.0 Å². The number of aryl methyl sites for hydroxylation is 1. The smallest absolute Gasteiger partial charge is 0.260 e. The van der Waals surface area contributed by atoms with Gasteiger partial charge in [0.15, 0.2) is 6.61 Å². The average molecular weight is 433 g/mol. The first kappa shape index (κ1) is 22.4. The van der Waals surface area contributed by atoms with Gasteiger partial charge < -0.3 is 25.1 Å². The largest absolute Gasteiger partial charge is 0.468 e. The molecular formula is C21H25F2N5O3. The van der Waals surface area contributed by atoms with Crippen molar-refractivity contribution in [1.29, 1.82) is 0 Å². The van der Waals surface area contributed by atoms with Gasteiger partial charge in [-0.15, -0.1) is 0 Å². The lowest BCUT2D eigenvalue weighted by Gasteiger charge is -2.23. The fourth-order valence-electron chi connectivity index (χ4n) is 3.06. The van der Waals surface area contributed by atoms with Crippen molar-refractivity contribution in [1.82, 2.24) is 20.3 Å². The van der Waals surface area contributed by atoms with Crippen molar-refractivity contribution in [2.45, 2.75) is 19.2 Å². The number of rotatable bonds is 7. The Hall–Kier alpha value is -3.24. The summed E-state index contributed by atoms with van der Waals surface area (Å²) < 4.78 is 33.2. The highest BCUT2D eigenvalue weighted by Gasteiger charge is 2.29. The fourth-order valence-corrected chi connectivity index (χ4v) is 3.06. The van der Waals surface area contributed by atoms with Gasteiger partial charge in [-0.25, -0.2) is 19.2 Å². The van der Waals surface area contributed by atoms with E-state index in [4.69, 9.17) is 4.74 Å². The monoisotopic (exact) mass is 433 g/mol. The highest BCUT2D eigenvalue weighted by atomic mass is 19.1. The number of anilines is 1. The summed E-state index contributed by atoms with van der Waals surface area (Å²) in [6.07, 6.45) is 2.05. The predicted octanol–water partition coefficient (Wildman–Crippen LogP) is 1.73. The number of halogens is 2. The Morgan fingerprint density at radius 3 is 2.68 bits per heavy atom. The third kappa shape index (κ3) is 5.09. The van der Waals surface area contributed by atoms with E-state index in [1.54, 1.807) is 44.5 Å². The summed E-state index contributed by atoms with van der Waals surface area (Å²) in [5, 5.41) is 14.6. The topological polar surface area (TPSA) is 90.0 Å². The fraction of sp³-hybridized carbons (Fsp3) is 0.333. The van der Waals surface area contributed by atoms with E-state index in [2.05, 4.69) is 15.7 Å². The van der Waals surface area contributed by atoms with Crippen LogP contribution in [-0.2, 0) is 4.79 Å². The van der Waals surface area contributed by atoms with Crippen LogP contribution in [0.15, 0.2) is 36.5 Å². The van der Waals surface area contributed by atoms with Crippen molar-refractivity contribution in [3.8, 4) is 5.88 Å². The Morgan fingerprint density at radius 2 is 2.06 bits per heavy atom. The van der Waals surface area contributed by atoms with Crippen LogP contribution in [0.5, 0.6) is 5.88 Å². The quantitative estimate of drug-likeness (QED) is 0.573. The molecule has 10 heteroatoms. The van der Waals surface area contributed by atoms with Crippen molar-refractivity contribution in [2.24, 2.45) is 0 Å². The summed E-state index contributed by atoms with van der Waals surface area (Å²) in [4.78, 5) is 17.3. The second kappa shape index (κ2) is 9.27. The maximum absolute atomic E-state index is 13.9. The number of benzene rings is 1. The van der Waals surface area contributed by atoms with Crippen LogP contribution in [0, 0.1) is 18.6 Å². The van der Waals surface area contributed by atoms with Crippen molar-refractivity contribution in [3.63, 3.8) is 0 Å². The van der Waals surface area contributed by atoms with E-state index in [0.717, 1.165) is 29.0 Å². The number of carbonyl (C=O) groups is 1. The lowest BCUT2D eigenvalue weighted by molar-refractivity contribution is -0.130. The van der Waals surface area contributed by atoms with Gasteiger partial charge in [-0.1, -0.05) is 6.07 Å². The number of aliphatic hydroxyl groups excluding tert-OH is 1. The van der Waals surface area contributed by atoms with E-state index in [0.29, 0.717) is 5.88 Å². The van der Waals surface area contributed by atoms with E-state index < -0.39 is 29.6 Å². The number of hydrogen-bond donors (Lipinski definition) is 3. The molecule has 3 N–H and O–H groups in total. The standard InChI is InChI=1S/C21H25F2N5O3/c1-12-8-18(31-11-19(29)27(2)3)24-10-13(12)17-9-16(26-28(17)4)21(30)25-20-14(22)6-5-7-15(20)23/h5-10,16,21,25-26,30H,11H2,1-4H3. The lowest BCUT2D eigenvalue weighted by Crippen LogP contribution is -2.44. The van der Waals surface area contributed by atoms with E-state index in [9.17, 15) is 18.7 Å². The Labute approximate surface area is 179 Å². The zero-order valence-electron chi connectivity index (χ0n) is 17.7. The zero-order valence-corrected chi connectivity index (χ0v) is 17.7. The first-order valence-corrected chi connectivity index (χ1v) is 9.57. The second-order valence-corrected chi connectivity index (χ2v) is 7.37. The number of nitrogens with one attached hydrogen (secondary N) is 2. The number of carbonyl (C=O) groups excluding carboxylic acids is 1. The molecule has 1 aromatic carbocycles. The Bertz CT molecular complexity index is 979. The summed E-state index contributed by atoms with van der Waals surface area (Å²) >= 11 is 0. The normalized spacial score (nSPS) is 16.7. The molecule has 0 saturated heterocycles. The summed E-state index contributed by atoms with van der Waals surface area (Å²) in [5.41, 5.74) is 4.97. The number of nitrogens with zero attached hydrogens (tertiary/aromatic N) is 3. The van der Waals surface area contributed by atoms with E-state index in [-0.39, 0.29) is 12.5 Å². The summed E-state index contributed by atoms with van der Waals surface area (Å²) in [7, 11) is 5.04. The molecule has 8 nitrogen and oxygen atoms in total. The van der Waals surface area contributed by atoms with E-state index >= 15 is 0 Å². The van der Waals surface area contributed by atoms with Gasteiger partial charge in [0, 0.05) is 39.0 Å². The van der Waals surface area contributed by atoms with Crippen LogP contribution in [0.3, 0.4) is 0 Å². The van der Waals surface area contributed by atoms with Crippen molar-refractivity contribution < 1.29 is 23.4 Å². The van der Waals surface area contributed by atoms with Crippen LogP contribution in [0.4, 0.5) is 14.5 Å². The van der Waals surface area contributed by atoms with Crippen LogP contribution < -0.4 is 15.5 Å². The Kier molecular flexibility index (Phi) is 6.71. The number of hydrazine groups is 1. The van der Waals surface area contributed by atoms with Gasteiger partial charge in [-0.2, -0.15) is 0 Å². The average Bonchev–Trinajstić information content (AvgIpc) is 3.10. The predicted molar refractivity (Wildman–Crippen MR) is 112 cm³/mol. The maximum atomic E-state index is 13.9. The van der Waals surface area contributed by atoms with Gasteiger partial charge in [0.05, 0.1) is 11.7 Å². The van der Waals surface area contributed by atoms with Gasteiger partial charge in [-0.3, -0.25) is 4.79 Å². The third-order valence-electron chi connectivity index (χ3n) is 4.84. The molecule has 3 rings (SSSR count). The van der Waals surface area contributed by atoms with Crippen molar-refractivity contribution in [3.05, 3.63) is 59.3 Å². The van der Waals surface area contributed by atoms with Crippen LogP contribution in [-0.4, -0.2) is 65.9 Å². The molecule has 1 amide bonds. The van der Waals surface area contributed by atoms with Crippen LogP contribution >= 0.6 is 0 Å². The van der Waals surface area contributed by atoms with Gasteiger partial charge >= 0.3 is 0 Å². The number of hydrogen-bond acceptors (Lipinski definition) is 7. The van der Waals surface area contributed by atoms with Crippen LogP contribution in [0.1, 0.15) is 11.1 Å². The summed E-state index contributed by atoms with van der Waals surface area (Å²) in [6.45, 7) is 1.75. The molecule has 2 aromatic rings. The molecule has 0 saturated carbocycles. The Morgan fingerprint density at radius 1 is 1.39 bits per heavy atom. The maximum Gasteiger partial charge on any atom is 0.260 e. The minimum absolute atomic E-state index is 0.116. The van der Waals surface area contributed by atoms with Gasteiger partial charge in [-0.05, 0) is 30.7 Å². The lowest BCUT2D eigenvalue weighted by atomic mass is 10.1. The molecule has 2 atom stereocenters. The highest BCUT2D eigenvalue weighted by Crippen LogP contribution is 2.28. The number of ether oxygens (including phenoxy) is 1. The SMILES string of the molecule is Cc1cc(OCC(=O)N(C)C)ncc1C1=CC(C(O)Nc2c(F)cccc2F)NN1C. The minimum atomic E-state index is -1.29. The number of aromatic nitrogens is 1. The highest BCUT2D eigenvalue weighted by molar-refractivity contribution is 5.77. The third-order valence-corrected chi connectivity index (χ3v) is 4.84. The van der Waals surface area contributed by atoms with Crippen LogP contribution in [0.25, 0.3) is 5.70 Å². The first-order chi connectivity index (χ1) is 14.7. The minimum Gasteiger partial charge on any atom is -0.468 e. The zero-order chi connectivity index (χ0) is 22.7. The summed E-state index contributed by atoms with van der Waals surface area (Å²) in [6, 6.07) is 4.54.